The molecule has 2 fully saturated rings. The summed E-state index contributed by atoms with van der Waals surface area (Å²) in [7, 11) is 0. The van der Waals surface area contributed by atoms with E-state index >= 15 is 0 Å². The minimum absolute atomic E-state index is 0.229. The lowest BCUT2D eigenvalue weighted by Gasteiger charge is -2.41. The third-order valence-corrected chi connectivity index (χ3v) is 3.97. The summed E-state index contributed by atoms with van der Waals surface area (Å²) in [5.74, 6) is 0.229. The van der Waals surface area contributed by atoms with Crippen molar-refractivity contribution in [1.29, 1.82) is 0 Å². The molecule has 2 saturated heterocycles. The van der Waals surface area contributed by atoms with E-state index in [1.807, 2.05) is 22.0 Å². The molecule has 0 N–H and O–H groups in total. The number of carbonyl (C=O) groups is 1. The van der Waals surface area contributed by atoms with Crippen molar-refractivity contribution < 1.29 is 4.79 Å². The maximum atomic E-state index is 11.7. The number of rotatable bonds is 3. The maximum absolute atomic E-state index is 11.7. The number of carbonyl (C=O) groups excluding carboxylic acids is 1. The molecule has 1 amide bonds. The Morgan fingerprint density at radius 2 is 2.17 bits per heavy atom. The second-order valence-electron chi connectivity index (χ2n) is 5.53. The van der Waals surface area contributed by atoms with E-state index in [0.29, 0.717) is 18.5 Å². The summed E-state index contributed by atoms with van der Waals surface area (Å²) in [6, 6.07) is 1.08. The minimum atomic E-state index is 0.229. The fourth-order valence-corrected chi connectivity index (χ4v) is 2.67. The summed E-state index contributed by atoms with van der Waals surface area (Å²) >= 11 is 0. The number of anilines is 1. The van der Waals surface area contributed by atoms with Crippen molar-refractivity contribution in [1.82, 2.24) is 14.7 Å². The number of hydrogen-bond acceptors (Lipinski definition) is 3. The van der Waals surface area contributed by atoms with Gasteiger partial charge in [-0.2, -0.15) is 5.10 Å². The van der Waals surface area contributed by atoms with E-state index in [-0.39, 0.29) is 5.91 Å². The van der Waals surface area contributed by atoms with Gasteiger partial charge in [0, 0.05) is 38.3 Å². The van der Waals surface area contributed by atoms with Crippen LogP contribution in [0.4, 0.5) is 5.69 Å². The highest BCUT2D eigenvalue weighted by atomic mass is 16.2. The van der Waals surface area contributed by atoms with Crippen LogP contribution >= 0.6 is 0 Å². The lowest BCUT2D eigenvalue weighted by atomic mass is 10.1. The second kappa shape index (κ2) is 4.39. The van der Waals surface area contributed by atoms with Crippen molar-refractivity contribution in [3.05, 3.63) is 12.4 Å². The second-order valence-corrected chi connectivity index (χ2v) is 5.53. The summed E-state index contributed by atoms with van der Waals surface area (Å²) in [5.41, 5.74) is 0.959. The number of nitrogens with zero attached hydrogens (tertiary/aromatic N) is 4. The topological polar surface area (TPSA) is 41.4 Å². The molecular weight excluding hydrogens is 228 g/mol. The van der Waals surface area contributed by atoms with Gasteiger partial charge in [-0.1, -0.05) is 0 Å². The number of likely N-dealkylation sites (tertiary alicyclic amines) is 1. The Kier molecular flexibility index (Phi) is 2.86. The number of aromatic nitrogens is 2. The number of amides is 1. The molecule has 1 aromatic rings. The normalized spacial score (nSPS) is 21.9. The van der Waals surface area contributed by atoms with Gasteiger partial charge in [-0.25, -0.2) is 0 Å². The Morgan fingerprint density at radius 1 is 1.39 bits per heavy atom. The van der Waals surface area contributed by atoms with Crippen LogP contribution in [0.1, 0.15) is 32.7 Å². The molecule has 0 radical (unpaired) electrons. The molecular formula is C13H20N4O. The molecule has 18 heavy (non-hydrogen) atoms. The van der Waals surface area contributed by atoms with E-state index in [4.69, 9.17) is 0 Å². The Morgan fingerprint density at radius 3 is 2.78 bits per heavy atom. The van der Waals surface area contributed by atoms with Crippen molar-refractivity contribution in [2.45, 2.75) is 38.8 Å². The Labute approximate surface area is 107 Å². The van der Waals surface area contributed by atoms with Gasteiger partial charge in [-0.05, 0) is 20.3 Å². The third-order valence-electron chi connectivity index (χ3n) is 3.97. The van der Waals surface area contributed by atoms with Crippen molar-refractivity contribution in [2.75, 3.05) is 24.5 Å². The Hall–Kier alpha value is -1.36. The Bertz CT molecular complexity index is 448. The molecule has 0 aromatic carbocycles. The molecule has 2 aliphatic rings. The van der Waals surface area contributed by atoms with Crippen LogP contribution < -0.4 is 4.90 Å². The van der Waals surface area contributed by atoms with E-state index in [0.717, 1.165) is 31.7 Å². The predicted octanol–water partition coefficient (Wildman–Crippen LogP) is 1.28. The van der Waals surface area contributed by atoms with Gasteiger partial charge >= 0.3 is 0 Å². The van der Waals surface area contributed by atoms with Crippen LogP contribution in [0.5, 0.6) is 0 Å². The van der Waals surface area contributed by atoms with E-state index in [1.165, 1.54) is 0 Å². The zero-order chi connectivity index (χ0) is 12.7. The van der Waals surface area contributed by atoms with Crippen molar-refractivity contribution in [3.63, 3.8) is 0 Å². The fraction of sp³-hybridized carbons (Fsp3) is 0.692. The lowest BCUT2D eigenvalue weighted by Crippen LogP contribution is -2.51. The van der Waals surface area contributed by atoms with E-state index in [2.05, 4.69) is 23.8 Å². The van der Waals surface area contributed by atoms with Gasteiger partial charge in [-0.15, -0.1) is 0 Å². The van der Waals surface area contributed by atoms with E-state index in [9.17, 15) is 4.79 Å². The van der Waals surface area contributed by atoms with Crippen LogP contribution in [0.3, 0.4) is 0 Å². The Balaban J connectivity index is 1.66. The minimum Gasteiger partial charge on any atom is -0.309 e. The first-order valence-electron chi connectivity index (χ1n) is 6.73. The van der Waals surface area contributed by atoms with Crippen LogP contribution in [-0.4, -0.2) is 46.3 Å². The highest BCUT2D eigenvalue weighted by molar-refractivity contribution is 5.95. The summed E-state index contributed by atoms with van der Waals surface area (Å²) in [4.78, 5) is 15.9. The van der Waals surface area contributed by atoms with Gasteiger partial charge in [0.25, 0.3) is 0 Å². The molecule has 5 heteroatoms. The lowest BCUT2D eigenvalue weighted by molar-refractivity contribution is -0.117. The molecule has 1 aromatic heterocycles. The van der Waals surface area contributed by atoms with Gasteiger partial charge in [0.05, 0.1) is 17.9 Å². The average Bonchev–Trinajstić information content (AvgIpc) is 2.83. The van der Waals surface area contributed by atoms with Gasteiger partial charge in [-0.3, -0.25) is 14.4 Å². The van der Waals surface area contributed by atoms with Crippen molar-refractivity contribution >= 4 is 11.6 Å². The van der Waals surface area contributed by atoms with Crippen LogP contribution in [0.2, 0.25) is 0 Å². The summed E-state index contributed by atoms with van der Waals surface area (Å²) in [5, 5.41) is 4.41. The highest BCUT2D eigenvalue weighted by Crippen LogP contribution is 2.26. The van der Waals surface area contributed by atoms with Gasteiger partial charge in [0.15, 0.2) is 0 Å². The summed E-state index contributed by atoms with van der Waals surface area (Å²) < 4.78 is 2.01. The molecule has 0 spiro atoms. The predicted molar refractivity (Wildman–Crippen MR) is 69.6 cm³/mol. The quantitative estimate of drug-likeness (QED) is 0.809. The molecule has 0 bridgehead atoms. The average molecular weight is 248 g/mol. The molecule has 0 saturated carbocycles. The molecule has 0 unspecified atom stereocenters. The molecule has 5 nitrogen and oxygen atoms in total. The maximum Gasteiger partial charge on any atom is 0.227 e. The standard InChI is InChI=1S/C13H20N4O/c1-10(2)15-7-12(8-15)17-9-11(6-14-17)16-5-3-4-13(16)18/h6,9-10,12H,3-5,7-8H2,1-2H3. The van der Waals surface area contributed by atoms with E-state index in [1.54, 1.807) is 0 Å². The fourth-order valence-electron chi connectivity index (χ4n) is 2.67. The zero-order valence-electron chi connectivity index (χ0n) is 11.0. The van der Waals surface area contributed by atoms with Crippen LogP contribution in [-0.2, 0) is 4.79 Å². The van der Waals surface area contributed by atoms with Gasteiger partial charge in [0.1, 0.15) is 0 Å². The van der Waals surface area contributed by atoms with Crippen molar-refractivity contribution in [3.8, 4) is 0 Å². The molecule has 0 atom stereocenters. The smallest absolute Gasteiger partial charge is 0.227 e. The first kappa shape index (κ1) is 11.7. The monoisotopic (exact) mass is 248 g/mol. The SMILES string of the molecule is CC(C)N1CC(n2cc(N3CCCC3=O)cn2)C1. The molecule has 98 valence electrons. The molecule has 2 aliphatic heterocycles. The highest BCUT2D eigenvalue weighted by Gasteiger charge is 2.31. The largest absolute Gasteiger partial charge is 0.309 e. The van der Waals surface area contributed by atoms with Gasteiger partial charge < -0.3 is 4.90 Å². The number of hydrogen-bond donors (Lipinski definition) is 0. The first-order chi connectivity index (χ1) is 8.65. The van der Waals surface area contributed by atoms with E-state index < -0.39 is 0 Å². The first-order valence-corrected chi connectivity index (χ1v) is 6.73. The molecule has 3 heterocycles. The van der Waals surface area contributed by atoms with Crippen LogP contribution in [0.15, 0.2) is 12.4 Å². The van der Waals surface area contributed by atoms with Crippen LogP contribution in [0, 0.1) is 0 Å². The summed E-state index contributed by atoms with van der Waals surface area (Å²) in [6.07, 6.45) is 5.48. The molecule has 0 aliphatic carbocycles. The zero-order valence-corrected chi connectivity index (χ0v) is 11.0. The van der Waals surface area contributed by atoms with Crippen LogP contribution in [0.25, 0.3) is 0 Å². The molecule has 3 rings (SSSR count). The van der Waals surface area contributed by atoms with Crippen molar-refractivity contribution in [2.24, 2.45) is 0 Å². The third kappa shape index (κ3) is 1.92. The summed E-state index contributed by atoms with van der Waals surface area (Å²) in [6.45, 7) is 7.40. The van der Waals surface area contributed by atoms with Gasteiger partial charge in [0.2, 0.25) is 5.91 Å².